The third kappa shape index (κ3) is 3.99. The minimum absolute atomic E-state index is 0.0714. The number of nitrogens with one attached hydrogen (secondary N) is 2. The molecule has 1 heterocycles. The lowest BCUT2D eigenvalue weighted by atomic mass is 9.88. The number of hydrogen-bond donors (Lipinski definition) is 3. The van der Waals surface area contributed by atoms with Crippen molar-refractivity contribution in [2.75, 3.05) is 34.5 Å². The number of carbonyl (C=O) groups excluding carboxylic acids is 2. The molecule has 142 valence electrons. The summed E-state index contributed by atoms with van der Waals surface area (Å²) in [6.07, 6.45) is 0. The van der Waals surface area contributed by atoms with Crippen LogP contribution in [-0.2, 0) is 14.3 Å². The third-order valence-corrected chi connectivity index (χ3v) is 3.92. The van der Waals surface area contributed by atoms with E-state index in [1.54, 1.807) is 0 Å². The van der Waals surface area contributed by atoms with E-state index < -0.39 is 24.0 Å². The van der Waals surface area contributed by atoms with Crippen LogP contribution in [0.3, 0.4) is 0 Å². The second kappa shape index (κ2) is 8.43. The van der Waals surface area contributed by atoms with Crippen LogP contribution in [-0.4, -0.2) is 51.7 Å². The van der Waals surface area contributed by atoms with E-state index in [0.717, 1.165) is 0 Å². The van der Waals surface area contributed by atoms with Gasteiger partial charge in [-0.2, -0.15) is 0 Å². The van der Waals surface area contributed by atoms with Crippen molar-refractivity contribution in [1.82, 2.24) is 10.6 Å². The van der Waals surface area contributed by atoms with Crippen LogP contribution in [0.1, 0.15) is 11.6 Å². The summed E-state index contributed by atoms with van der Waals surface area (Å²) in [5, 5.41) is 15.2. The van der Waals surface area contributed by atoms with Gasteiger partial charge in [0.2, 0.25) is 5.75 Å². The Morgan fingerprint density at radius 3 is 2.35 bits per heavy atom. The highest BCUT2D eigenvalue weighted by molar-refractivity contribution is 5.85. The smallest absolute Gasteiger partial charge is 0.319 e. The third-order valence-electron chi connectivity index (χ3n) is 3.92. The standard InChI is InChI=1S/C17H22N2O7/c1-9-13(16(21)26-6-5-23-2)14(19-17(22)18-9)10-7-11(24-3)15(20)12(8-10)25-4/h7-8,13-14,20H,1,5-6H2,2-4H3,(H2,18,19,22)/t13-,14-/m1/s1. The fourth-order valence-electron chi connectivity index (χ4n) is 2.65. The normalized spacial score (nSPS) is 19.3. The Hall–Kier alpha value is -2.94. The molecule has 0 bridgehead atoms. The highest BCUT2D eigenvalue weighted by atomic mass is 16.6. The van der Waals surface area contributed by atoms with Gasteiger partial charge in [-0.25, -0.2) is 4.79 Å². The summed E-state index contributed by atoms with van der Waals surface area (Å²) in [7, 11) is 4.26. The molecule has 0 radical (unpaired) electrons. The van der Waals surface area contributed by atoms with Crippen LogP contribution in [0.4, 0.5) is 4.79 Å². The van der Waals surface area contributed by atoms with E-state index in [0.29, 0.717) is 5.56 Å². The first-order valence-corrected chi connectivity index (χ1v) is 7.79. The fourth-order valence-corrected chi connectivity index (χ4v) is 2.65. The molecule has 2 atom stereocenters. The van der Waals surface area contributed by atoms with Gasteiger partial charge >= 0.3 is 12.0 Å². The van der Waals surface area contributed by atoms with Crippen molar-refractivity contribution in [3.05, 3.63) is 30.0 Å². The first-order chi connectivity index (χ1) is 12.4. The summed E-state index contributed by atoms with van der Waals surface area (Å²) in [5.41, 5.74) is 0.688. The molecule has 0 unspecified atom stereocenters. The highest BCUT2D eigenvalue weighted by Crippen LogP contribution is 2.41. The monoisotopic (exact) mass is 366 g/mol. The van der Waals surface area contributed by atoms with E-state index in [4.69, 9.17) is 18.9 Å². The van der Waals surface area contributed by atoms with Crippen LogP contribution in [0, 0.1) is 5.92 Å². The number of amides is 2. The molecule has 0 spiro atoms. The van der Waals surface area contributed by atoms with Crippen LogP contribution in [0.25, 0.3) is 0 Å². The van der Waals surface area contributed by atoms with E-state index in [1.807, 2.05) is 0 Å². The Morgan fingerprint density at radius 2 is 1.81 bits per heavy atom. The lowest BCUT2D eigenvalue weighted by Crippen LogP contribution is -2.51. The average Bonchev–Trinajstić information content (AvgIpc) is 2.61. The molecule has 2 rings (SSSR count). The Kier molecular flexibility index (Phi) is 6.29. The predicted molar refractivity (Wildman–Crippen MR) is 91.1 cm³/mol. The van der Waals surface area contributed by atoms with Gasteiger partial charge in [0.15, 0.2) is 11.5 Å². The lowest BCUT2D eigenvalue weighted by Gasteiger charge is -2.33. The molecular weight excluding hydrogens is 344 g/mol. The van der Waals surface area contributed by atoms with Crippen molar-refractivity contribution >= 4 is 12.0 Å². The van der Waals surface area contributed by atoms with Crippen molar-refractivity contribution in [3.63, 3.8) is 0 Å². The molecule has 26 heavy (non-hydrogen) atoms. The maximum Gasteiger partial charge on any atom is 0.319 e. The summed E-state index contributed by atoms with van der Waals surface area (Å²) in [6, 6.07) is 1.73. The highest BCUT2D eigenvalue weighted by Gasteiger charge is 2.39. The minimum Gasteiger partial charge on any atom is -0.502 e. The number of hydrogen-bond acceptors (Lipinski definition) is 7. The molecule has 0 aliphatic carbocycles. The SMILES string of the molecule is C=C1NC(=O)N[C@H](c2cc(OC)c(O)c(OC)c2)[C@@H]1C(=O)OCCOC. The summed E-state index contributed by atoms with van der Waals surface area (Å²) < 4.78 is 20.3. The zero-order valence-corrected chi connectivity index (χ0v) is 14.8. The van der Waals surface area contributed by atoms with E-state index in [-0.39, 0.29) is 36.2 Å². The molecule has 2 amide bonds. The molecule has 1 aromatic carbocycles. The Balaban J connectivity index is 2.40. The fraction of sp³-hybridized carbons (Fsp3) is 0.412. The number of carbonyl (C=O) groups is 2. The van der Waals surface area contributed by atoms with Gasteiger partial charge < -0.3 is 34.7 Å². The van der Waals surface area contributed by atoms with E-state index in [9.17, 15) is 14.7 Å². The molecule has 1 aliphatic rings. The van der Waals surface area contributed by atoms with E-state index in [1.165, 1.54) is 33.5 Å². The van der Waals surface area contributed by atoms with Crippen molar-refractivity contribution in [2.45, 2.75) is 6.04 Å². The van der Waals surface area contributed by atoms with Gasteiger partial charge in [-0.05, 0) is 17.7 Å². The second-order valence-corrected chi connectivity index (χ2v) is 5.51. The van der Waals surface area contributed by atoms with Crippen molar-refractivity contribution in [1.29, 1.82) is 0 Å². The topological polar surface area (TPSA) is 115 Å². The molecule has 3 N–H and O–H groups in total. The molecule has 0 aromatic heterocycles. The van der Waals surface area contributed by atoms with Crippen LogP contribution >= 0.6 is 0 Å². The summed E-state index contributed by atoms with van der Waals surface area (Å²) >= 11 is 0. The number of methoxy groups -OCH3 is 3. The molecule has 1 saturated heterocycles. The van der Waals surface area contributed by atoms with Gasteiger partial charge in [-0.3, -0.25) is 4.79 Å². The summed E-state index contributed by atoms with van der Waals surface area (Å²) in [5.74, 6) is -1.36. The lowest BCUT2D eigenvalue weighted by molar-refractivity contribution is -0.149. The zero-order valence-electron chi connectivity index (χ0n) is 14.8. The molecule has 9 nitrogen and oxygen atoms in total. The number of aromatic hydroxyl groups is 1. The number of ether oxygens (including phenoxy) is 4. The molecule has 1 fully saturated rings. The summed E-state index contributed by atoms with van der Waals surface area (Å²) in [6.45, 7) is 4.08. The molecular formula is C17H22N2O7. The van der Waals surface area contributed by atoms with E-state index >= 15 is 0 Å². The number of benzene rings is 1. The van der Waals surface area contributed by atoms with Gasteiger partial charge in [0.1, 0.15) is 12.5 Å². The number of esters is 1. The van der Waals surface area contributed by atoms with Gasteiger partial charge in [-0.15, -0.1) is 0 Å². The molecule has 0 saturated carbocycles. The van der Waals surface area contributed by atoms with Gasteiger partial charge in [0, 0.05) is 12.8 Å². The summed E-state index contributed by atoms with van der Waals surface area (Å²) in [4.78, 5) is 24.4. The van der Waals surface area contributed by atoms with Crippen LogP contribution in [0.15, 0.2) is 24.4 Å². The first-order valence-electron chi connectivity index (χ1n) is 7.79. The van der Waals surface area contributed by atoms with Crippen molar-refractivity contribution in [2.24, 2.45) is 5.92 Å². The van der Waals surface area contributed by atoms with Gasteiger partial charge in [0.05, 0.1) is 26.9 Å². The quantitative estimate of drug-likeness (QED) is 0.488. The van der Waals surface area contributed by atoms with E-state index in [2.05, 4.69) is 17.2 Å². The largest absolute Gasteiger partial charge is 0.502 e. The first kappa shape index (κ1) is 19.4. The van der Waals surface area contributed by atoms with Crippen LogP contribution in [0.2, 0.25) is 0 Å². The average molecular weight is 366 g/mol. The maximum atomic E-state index is 12.5. The van der Waals surface area contributed by atoms with Crippen LogP contribution < -0.4 is 20.1 Å². The van der Waals surface area contributed by atoms with Gasteiger partial charge in [0.25, 0.3) is 0 Å². The zero-order chi connectivity index (χ0) is 19.3. The number of phenols is 1. The molecule has 1 aliphatic heterocycles. The van der Waals surface area contributed by atoms with Crippen LogP contribution in [0.5, 0.6) is 17.2 Å². The Bertz CT molecular complexity index is 679. The minimum atomic E-state index is -0.886. The second-order valence-electron chi connectivity index (χ2n) is 5.51. The Morgan fingerprint density at radius 1 is 1.19 bits per heavy atom. The van der Waals surface area contributed by atoms with Crippen molar-refractivity contribution < 1.29 is 33.6 Å². The number of phenolic OH excluding ortho intramolecular Hbond substituents is 1. The van der Waals surface area contributed by atoms with Gasteiger partial charge in [-0.1, -0.05) is 6.58 Å². The number of rotatable bonds is 7. The molecule has 1 aromatic rings. The number of urea groups is 1. The predicted octanol–water partition coefficient (Wildman–Crippen LogP) is 1.08. The molecule has 9 heteroatoms. The maximum absolute atomic E-state index is 12.5. The van der Waals surface area contributed by atoms with Crippen molar-refractivity contribution in [3.8, 4) is 17.2 Å². The Labute approximate surface area is 150 Å².